The van der Waals surface area contributed by atoms with Crippen molar-refractivity contribution in [2.75, 3.05) is 25.1 Å². The second kappa shape index (κ2) is 11.2. The molecule has 0 bridgehead atoms. The van der Waals surface area contributed by atoms with E-state index >= 15 is 0 Å². The van der Waals surface area contributed by atoms with Gasteiger partial charge in [-0.25, -0.2) is 0 Å². The highest BCUT2D eigenvalue weighted by molar-refractivity contribution is 7.98. The Kier molecular flexibility index (Phi) is 9.70. The second-order valence-electron chi connectivity index (χ2n) is 5.21. The maximum Gasteiger partial charge on any atom is 0.253 e. The van der Waals surface area contributed by atoms with E-state index in [2.05, 4.69) is 16.0 Å². The van der Waals surface area contributed by atoms with Crippen molar-refractivity contribution in [1.82, 2.24) is 16.0 Å². The van der Waals surface area contributed by atoms with Crippen LogP contribution in [0.25, 0.3) is 0 Å². The van der Waals surface area contributed by atoms with Crippen molar-refractivity contribution in [2.45, 2.75) is 19.4 Å². The molecule has 138 valence electrons. The van der Waals surface area contributed by atoms with Crippen LogP contribution in [0.4, 0.5) is 0 Å². The number of rotatable bonds is 9. The lowest BCUT2D eigenvalue weighted by molar-refractivity contribution is -0.123. The number of thioether (sulfide) groups is 1. The van der Waals surface area contributed by atoms with E-state index in [1.165, 1.54) is 19.1 Å². The molecule has 0 aliphatic heterocycles. The predicted octanol–water partition coefficient (Wildman–Crippen LogP) is 2.10. The molecule has 0 unspecified atom stereocenters. The number of hydrogen-bond donors (Lipinski definition) is 3. The Hall–Kier alpha value is -1.44. The van der Waals surface area contributed by atoms with Crippen molar-refractivity contribution in [2.24, 2.45) is 0 Å². The van der Waals surface area contributed by atoms with Gasteiger partial charge < -0.3 is 16.0 Å². The molecule has 0 fully saturated rings. The Balaban J connectivity index is 2.68. The van der Waals surface area contributed by atoms with Gasteiger partial charge in [-0.1, -0.05) is 23.2 Å². The van der Waals surface area contributed by atoms with Crippen molar-refractivity contribution >= 4 is 52.7 Å². The van der Waals surface area contributed by atoms with Gasteiger partial charge in [0.15, 0.2) is 0 Å². The predicted molar refractivity (Wildman–Crippen MR) is 102 cm³/mol. The molecule has 1 rings (SSSR count). The minimum Gasteiger partial charge on any atom is -0.355 e. The Bertz CT molecular complexity index is 629. The van der Waals surface area contributed by atoms with Crippen LogP contribution < -0.4 is 16.0 Å². The van der Waals surface area contributed by atoms with Gasteiger partial charge in [-0.2, -0.15) is 11.8 Å². The van der Waals surface area contributed by atoms with Crippen molar-refractivity contribution in [3.05, 3.63) is 33.8 Å². The van der Waals surface area contributed by atoms with Crippen molar-refractivity contribution < 1.29 is 14.4 Å². The maximum absolute atomic E-state index is 12.4. The summed E-state index contributed by atoms with van der Waals surface area (Å²) >= 11 is 13.4. The number of amides is 3. The third kappa shape index (κ3) is 7.98. The molecule has 6 nitrogen and oxygen atoms in total. The van der Waals surface area contributed by atoms with Gasteiger partial charge in [0.25, 0.3) is 5.91 Å². The van der Waals surface area contributed by atoms with E-state index in [1.54, 1.807) is 17.8 Å². The number of benzene rings is 1. The molecule has 0 spiro atoms. The maximum atomic E-state index is 12.4. The third-order valence-corrected chi connectivity index (χ3v) is 4.40. The monoisotopic (exact) mass is 405 g/mol. The van der Waals surface area contributed by atoms with Crippen LogP contribution >= 0.6 is 35.0 Å². The summed E-state index contributed by atoms with van der Waals surface area (Å²) < 4.78 is 0. The van der Waals surface area contributed by atoms with Gasteiger partial charge in [0, 0.05) is 25.0 Å². The zero-order valence-corrected chi connectivity index (χ0v) is 16.4. The first kappa shape index (κ1) is 21.6. The van der Waals surface area contributed by atoms with Gasteiger partial charge in [0.1, 0.15) is 6.04 Å². The first-order chi connectivity index (χ1) is 11.8. The molecule has 3 N–H and O–H groups in total. The van der Waals surface area contributed by atoms with Crippen LogP contribution in [-0.4, -0.2) is 48.9 Å². The summed E-state index contributed by atoms with van der Waals surface area (Å²) in [6.45, 7) is 2.01. The van der Waals surface area contributed by atoms with E-state index in [4.69, 9.17) is 23.2 Å². The number of carbonyl (C=O) groups is 3. The fraction of sp³-hybridized carbons (Fsp3) is 0.438. The summed E-state index contributed by atoms with van der Waals surface area (Å²) in [4.78, 5) is 35.5. The van der Waals surface area contributed by atoms with Crippen LogP contribution in [0.5, 0.6) is 0 Å². The average molecular weight is 406 g/mol. The first-order valence-electron chi connectivity index (χ1n) is 7.62. The normalized spacial score (nSPS) is 11.5. The number of carbonyl (C=O) groups excluding carboxylic acids is 3. The molecule has 1 aromatic carbocycles. The molecule has 0 radical (unpaired) electrons. The first-order valence-corrected chi connectivity index (χ1v) is 9.77. The Morgan fingerprint density at radius 1 is 1.16 bits per heavy atom. The van der Waals surface area contributed by atoms with Gasteiger partial charge in [-0.15, -0.1) is 0 Å². The van der Waals surface area contributed by atoms with Gasteiger partial charge >= 0.3 is 0 Å². The van der Waals surface area contributed by atoms with Crippen LogP contribution in [-0.2, 0) is 9.59 Å². The highest BCUT2D eigenvalue weighted by Crippen LogP contribution is 2.21. The smallest absolute Gasteiger partial charge is 0.253 e. The molecular formula is C16H21Cl2N3O3S. The number of nitrogens with one attached hydrogen (secondary N) is 3. The molecule has 0 saturated heterocycles. The fourth-order valence-corrected chi connectivity index (χ4v) is 2.93. The van der Waals surface area contributed by atoms with E-state index in [1.807, 2.05) is 6.26 Å². The van der Waals surface area contributed by atoms with Crippen LogP contribution in [0, 0.1) is 0 Å². The molecule has 1 atom stereocenters. The van der Waals surface area contributed by atoms with Gasteiger partial charge in [0.2, 0.25) is 11.8 Å². The summed E-state index contributed by atoms with van der Waals surface area (Å²) in [5.74, 6) is -0.209. The van der Waals surface area contributed by atoms with Crippen molar-refractivity contribution in [1.29, 1.82) is 0 Å². The van der Waals surface area contributed by atoms with E-state index in [-0.39, 0.29) is 28.9 Å². The van der Waals surface area contributed by atoms with E-state index in [0.29, 0.717) is 23.7 Å². The fourth-order valence-electron chi connectivity index (χ4n) is 1.96. The van der Waals surface area contributed by atoms with Crippen molar-refractivity contribution in [3.8, 4) is 0 Å². The van der Waals surface area contributed by atoms with Crippen LogP contribution in [0.2, 0.25) is 10.0 Å². The second-order valence-corrected chi connectivity index (χ2v) is 7.03. The quantitative estimate of drug-likeness (QED) is 0.548. The van der Waals surface area contributed by atoms with Gasteiger partial charge in [-0.05, 0) is 36.6 Å². The molecule has 0 aliphatic carbocycles. The largest absolute Gasteiger partial charge is 0.355 e. The Labute approximate surface area is 161 Å². The molecule has 25 heavy (non-hydrogen) atoms. The average Bonchev–Trinajstić information content (AvgIpc) is 2.54. The summed E-state index contributed by atoms with van der Waals surface area (Å²) in [6, 6.07) is 3.86. The van der Waals surface area contributed by atoms with Gasteiger partial charge in [0.05, 0.1) is 10.6 Å². The van der Waals surface area contributed by atoms with Gasteiger partial charge in [-0.3, -0.25) is 14.4 Å². The molecule has 1 aromatic rings. The summed E-state index contributed by atoms with van der Waals surface area (Å²) in [5, 5.41) is 8.63. The Morgan fingerprint density at radius 3 is 2.44 bits per heavy atom. The minimum absolute atomic E-state index is 0.168. The topological polar surface area (TPSA) is 87.3 Å². The van der Waals surface area contributed by atoms with Crippen molar-refractivity contribution in [3.63, 3.8) is 0 Å². The highest BCUT2D eigenvalue weighted by Gasteiger charge is 2.22. The molecule has 0 heterocycles. The van der Waals surface area contributed by atoms with E-state index < -0.39 is 11.9 Å². The number of halogens is 2. The zero-order valence-electron chi connectivity index (χ0n) is 14.0. The summed E-state index contributed by atoms with van der Waals surface area (Å²) in [5.41, 5.74) is 0.256. The van der Waals surface area contributed by atoms with E-state index in [9.17, 15) is 14.4 Å². The molecule has 9 heteroatoms. The highest BCUT2D eigenvalue weighted by atomic mass is 35.5. The zero-order chi connectivity index (χ0) is 18.8. The van der Waals surface area contributed by atoms with E-state index in [0.717, 1.165) is 0 Å². The van der Waals surface area contributed by atoms with Crippen LogP contribution in [0.3, 0.4) is 0 Å². The van der Waals surface area contributed by atoms with Crippen LogP contribution in [0.1, 0.15) is 23.7 Å². The number of hydrogen-bond acceptors (Lipinski definition) is 4. The standard InChI is InChI=1S/C16H21Cl2N3O3S/c1-10(22)19-6-7-20-16(24)14(5-8-25-2)21-15(23)12-4-3-11(17)9-13(12)18/h3-4,9,14H,5-8H2,1-2H3,(H,19,22)(H,20,24)(H,21,23)/t14-/m0/s1. The minimum atomic E-state index is -0.691. The lowest BCUT2D eigenvalue weighted by Crippen LogP contribution is -2.48. The molecular weight excluding hydrogens is 385 g/mol. The molecule has 0 saturated carbocycles. The summed E-state index contributed by atoms with van der Waals surface area (Å²) in [7, 11) is 0. The summed E-state index contributed by atoms with van der Waals surface area (Å²) in [6.07, 6.45) is 2.40. The molecule has 3 amide bonds. The Morgan fingerprint density at radius 2 is 1.84 bits per heavy atom. The molecule has 0 aromatic heterocycles. The SMILES string of the molecule is CSCC[C@H](NC(=O)c1ccc(Cl)cc1Cl)C(=O)NCCNC(C)=O. The third-order valence-electron chi connectivity index (χ3n) is 3.21. The van der Waals surface area contributed by atoms with Crippen LogP contribution in [0.15, 0.2) is 18.2 Å². The lowest BCUT2D eigenvalue weighted by atomic mass is 10.1. The molecule has 0 aliphatic rings. The lowest BCUT2D eigenvalue weighted by Gasteiger charge is -2.18.